The molecule has 0 aliphatic heterocycles. The van der Waals surface area contributed by atoms with Crippen LogP contribution in [0.3, 0.4) is 0 Å². The number of hydrogen-bond donors (Lipinski definition) is 3. The number of rotatable bonds is 3. The van der Waals surface area contributed by atoms with Gasteiger partial charge in [0, 0.05) is 22.5 Å². The van der Waals surface area contributed by atoms with E-state index in [9.17, 15) is 9.59 Å². The van der Waals surface area contributed by atoms with Gasteiger partial charge >= 0.3 is 0 Å². The fourth-order valence-corrected chi connectivity index (χ4v) is 1.75. The first kappa shape index (κ1) is 12.6. The molecule has 5 nitrogen and oxygen atoms in total. The molecular weight excluding hydrogens is 242 g/mol. The molecule has 0 spiro atoms. The van der Waals surface area contributed by atoms with Crippen molar-refractivity contribution in [3.8, 4) is 0 Å². The highest BCUT2D eigenvalue weighted by molar-refractivity contribution is 6.15. The van der Waals surface area contributed by atoms with Gasteiger partial charge < -0.3 is 17.2 Å². The molecule has 96 valence electrons. The van der Waals surface area contributed by atoms with Crippen LogP contribution < -0.4 is 17.2 Å². The summed E-state index contributed by atoms with van der Waals surface area (Å²) in [4.78, 5) is 23.7. The molecule has 0 heterocycles. The molecule has 0 radical (unpaired) electrons. The van der Waals surface area contributed by atoms with E-state index >= 15 is 0 Å². The smallest absolute Gasteiger partial charge is 0.249 e. The van der Waals surface area contributed by atoms with E-state index in [-0.39, 0.29) is 16.9 Å². The number of benzene rings is 2. The van der Waals surface area contributed by atoms with E-state index in [1.807, 2.05) is 0 Å². The van der Waals surface area contributed by atoms with Crippen LogP contribution in [0.15, 0.2) is 42.5 Å². The average molecular weight is 255 g/mol. The van der Waals surface area contributed by atoms with Crippen LogP contribution >= 0.6 is 0 Å². The van der Waals surface area contributed by atoms with Crippen molar-refractivity contribution in [3.63, 3.8) is 0 Å². The Hall–Kier alpha value is -2.82. The van der Waals surface area contributed by atoms with Crippen molar-refractivity contribution >= 4 is 23.1 Å². The highest BCUT2D eigenvalue weighted by Crippen LogP contribution is 2.18. The monoisotopic (exact) mass is 255 g/mol. The van der Waals surface area contributed by atoms with Crippen molar-refractivity contribution in [1.82, 2.24) is 0 Å². The maximum absolute atomic E-state index is 12.3. The lowest BCUT2D eigenvalue weighted by atomic mass is 9.97. The van der Waals surface area contributed by atoms with E-state index in [2.05, 4.69) is 0 Å². The fourth-order valence-electron chi connectivity index (χ4n) is 1.75. The van der Waals surface area contributed by atoms with Crippen molar-refractivity contribution < 1.29 is 9.59 Å². The Balaban J connectivity index is 2.51. The number of carbonyl (C=O) groups excluding carboxylic acids is 2. The van der Waals surface area contributed by atoms with Crippen LogP contribution in [0, 0.1) is 0 Å². The van der Waals surface area contributed by atoms with E-state index in [0.29, 0.717) is 16.9 Å². The second kappa shape index (κ2) is 4.81. The van der Waals surface area contributed by atoms with Crippen LogP contribution in [0.1, 0.15) is 26.3 Å². The third-order valence-corrected chi connectivity index (χ3v) is 2.73. The molecular formula is C14H13N3O2. The first-order valence-corrected chi connectivity index (χ1v) is 5.58. The Morgan fingerprint density at radius 1 is 0.789 bits per heavy atom. The molecule has 0 saturated carbocycles. The van der Waals surface area contributed by atoms with Gasteiger partial charge in [0.1, 0.15) is 0 Å². The van der Waals surface area contributed by atoms with Crippen LogP contribution in [0.25, 0.3) is 0 Å². The van der Waals surface area contributed by atoms with E-state index in [1.165, 1.54) is 18.2 Å². The molecule has 0 fully saturated rings. The lowest BCUT2D eigenvalue weighted by Crippen LogP contribution is -2.17. The van der Waals surface area contributed by atoms with Crippen molar-refractivity contribution in [2.75, 3.05) is 11.5 Å². The van der Waals surface area contributed by atoms with Gasteiger partial charge in [-0.2, -0.15) is 0 Å². The summed E-state index contributed by atoms with van der Waals surface area (Å²) in [5.74, 6) is -0.986. The second-order valence-corrected chi connectivity index (χ2v) is 4.12. The first-order chi connectivity index (χ1) is 8.99. The molecule has 5 heteroatoms. The molecule has 0 aliphatic carbocycles. The van der Waals surface area contributed by atoms with Gasteiger partial charge in [-0.1, -0.05) is 0 Å². The average Bonchev–Trinajstić information content (AvgIpc) is 2.38. The Kier molecular flexibility index (Phi) is 3.20. The van der Waals surface area contributed by atoms with Crippen molar-refractivity contribution in [1.29, 1.82) is 0 Å². The predicted octanol–water partition coefficient (Wildman–Crippen LogP) is 1.18. The molecule has 0 bridgehead atoms. The summed E-state index contributed by atoms with van der Waals surface area (Å²) < 4.78 is 0. The maximum atomic E-state index is 12.3. The predicted molar refractivity (Wildman–Crippen MR) is 73.7 cm³/mol. The number of amides is 1. The number of hydrogen-bond acceptors (Lipinski definition) is 4. The number of primary amides is 1. The summed E-state index contributed by atoms with van der Waals surface area (Å²) in [6, 6.07) is 10.8. The number of anilines is 2. The molecule has 0 unspecified atom stereocenters. The first-order valence-electron chi connectivity index (χ1n) is 5.58. The standard InChI is InChI=1S/C14H13N3O2/c15-9-3-1-8(2-4-9)13(18)12-7-10(16)5-6-11(12)14(17)19/h1-7H,15-16H2,(H2,17,19). The van der Waals surface area contributed by atoms with Gasteiger partial charge in [0.2, 0.25) is 5.91 Å². The Labute approximate surface area is 110 Å². The number of nitrogen functional groups attached to an aromatic ring is 2. The molecule has 2 rings (SSSR count). The van der Waals surface area contributed by atoms with Gasteiger partial charge in [-0.3, -0.25) is 9.59 Å². The molecule has 0 aliphatic rings. The second-order valence-electron chi connectivity index (χ2n) is 4.12. The largest absolute Gasteiger partial charge is 0.399 e. The molecule has 0 aromatic heterocycles. The van der Waals surface area contributed by atoms with Crippen LogP contribution in [0.2, 0.25) is 0 Å². The van der Waals surface area contributed by atoms with Gasteiger partial charge in [0.25, 0.3) is 0 Å². The minimum atomic E-state index is -0.668. The molecule has 2 aromatic carbocycles. The molecule has 19 heavy (non-hydrogen) atoms. The number of carbonyl (C=O) groups is 2. The van der Waals surface area contributed by atoms with Gasteiger partial charge in [0.15, 0.2) is 5.78 Å². The van der Waals surface area contributed by atoms with Crippen LogP contribution in [0.4, 0.5) is 11.4 Å². The third kappa shape index (κ3) is 2.55. The molecule has 0 atom stereocenters. The van der Waals surface area contributed by atoms with Gasteiger partial charge in [-0.15, -0.1) is 0 Å². The van der Waals surface area contributed by atoms with E-state index < -0.39 is 5.91 Å². The summed E-state index contributed by atoms with van der Waals surface area (Å²) in [7, 11) is 0. The van der Waals surface area contributed by atoms with E-state index in [0.717, 1.165) is 0 Å². The fraction of sp³-hybridized carbons (Fsp3) is 0. The van der Waals surface area contributed by atoms with Crippen LogP contribution in [-0.4, -0.2) is 11.7 Å². The van der Waals surface area contributed by atoms with Gasteiger partial charge in [-0.25, -0.2) is 0 Å². The topological polar surface area (TPSA) is 112 Å². The minimum absolute atomic E-state index is 0.149. The molecule has 2 aromatic rings. The maximum Gasteiger partial charge on any atom is 0.249 e. The molecule has 6 N–H and O–H groups in total. The highest BCUT2D eigenvalue weighted by atomic mass is 16.1. The Bertz CT molecular complexity index is 648. The summed E-state index contributed by atoms with van der Waals surface area (Å²) in [6.07, 6.45) is 0. The Morgan fingerprint density at radius 3 is 1.95 bits per heavy atom. The van der Waals surface area contributed by atoms with Crippen LogP contribution in [0.5, 0.6) is 0 Å². The summed E-state index contributed by atoms with van der Waals surface area (Å²) >= 11 is 0. The number of nitrogens with two attached hydrogens (primary N) is 3. The lowest BCUT2D eigenvalue weighted by molar-refractivity contribution is 0.0981. The summed E-state index contributed by atoms with van der Waals surface area (Å²) in [5.41, 5.74) is 18.2. The third-order valence-electron chi connectivity index (χ3n) is 2.73. The zero-order valence-corrected chi connectivity index (χ0v) is 10.1. The summed E-state index contributed by atoms with van der Waals surface area (Å²) in [5, 5.41) is 0. The lowest BCUT2D eigenvalue weighted by Gasteiger charge is -2.07. The van der Waals surface area contributed by atoms with Crippen LogP contribution in [-0.2, 0) is 0 Å². The molecule has 0 saturated heterocycles. The van der Waals surface area contributed by atoms with Crippen molar-refractivity contribution in [2.24, 2.45) is 5.73 Å². The van der Waals surface area contributed by atoms with Gasteiger partial charge in [-0.05, 0) is 42.5 Å². The van der Waals surface area contributed by atoms with Crippen molar-refractivity contribution in [3.05, 3.63) is 59.2 Å². The van der Waals surface area contributed by atoms with E-state index in [1.54, 1.807) is 24.3 Å². The quantitative estimate of drug-likeness (QED) is 0.564. The zero-order chi connectivity index (χ0) is 14.0. The normalized spacial score (nSPS) is 10.1. The minimum Gasteiger partial charge on any atom is -0.399 e. The SMILES string of the molecule is NC(=O)c1ccc(N)cc1C(=O)c1ccc(N)cc1. The zero-order valence-electron chi connectivity index (χ0n) is 10.1. The molecule has 1 amide bonds. The number of ketones is 1. The van der Waals surface area contributed by atoms with Crippen molar-refractivity contribution in [2.45, 2.75) is 0 Å². The van der Waals surface area contributed by atoms with Gasteiger partial charge in [0.05, 0.1) is 5.56 Å². The Morgan fingerprint density at radius 2 is 1.37 bits per heavy atom. The van der Waals surface area contributed by atoms with E-state index in [4.69, 9.17) is 17.2 Å². The highest BCUT2D eigenvalue weighted by Gasteiger charge is 2.17. The summed E-state index contributed by atoms with van der Waals surface area (Å²) in [6.45, 7) is 0.